The average molecular weight is 260 g/mol. The highest BCUT2D eigenvalue weighted by atomic mass is 15.0. The van der Waals surface area contributed by atoms with Gasteiger partial charge in [-0.3, -0.25) is 0 Å². The molecule has 1 N–H and O–H groups in total. The molecule has 2 unspecified atom stereocenters. The summed E-state index contributed by atoms with van der Waals surface area (Å²) in [6.07, 6.45) is 5.60. The van der Waals surface area contributed by atoms with E-state index in [1.807, 2.05) is 18.3 Å². The van der Waals surface area contributed by atoms with E-state index in [1.165, 1.54) is 19.3 Å². The second-order valence-electron chi connectivity index (χ2n) is 7.46. The van der Waals surface area contributed by atoms with Crippen molar-refractivity contribution >= 4 is 5.82 Å². The van der Waals surface area contributed by atoms with Gasteiger partial charge in [-0.1, -0.05) is 33.8 Å². The van der Waals surface area contributed by atoms with Crippen molar-refractivity contribution < 1.29 is 0 Å². The number of hydrogen-bond donors (Lipinski definition) is 1. The van der Waals surface area contributed by atoms with Gasteiger partial charge < -0.3 is 5.32 Å². The van der Waals surface area contributed by atoms with E-state index >= 15 is 0 Å². The molecule has 0 aliphatic heterocycles. The van der Waals surface area contributed by atoms with Crippen LogP contribution in [0.1, 0.15) is 53.9 Å². The molecular formula is C17H28N2. The monoisotopic (exact) mass is 260 g/mol. The second kappa shape index (κ2) is 5.15. The largest absolute Gasteiger partial charge is 0.365 e. The number of pyridine rings is 1. The fourth-order valence-electron chi connectivity index (χ4n) is 4.18. The first-order chi connectivity index (χ1) is 8.82. The highest BCUT2D eigenvalue weighted by Crippen LogP contribution is 2.48. The van der Waals surface area contributed by atoms with Crippen LogP contribution in [0.25, 0.3) is 0 Å². The van der Waals surface area contributed by atoms with Gasteiger partial charge in [0.2, 0.25) is 0 Å². The van der Waals surface area contributed by atoms with Crippen molar-refractivity contribution in [1.82, 2.24) is 4.98 Å². The van der Waals surface area contributed by atoms with Crippen LogP contribution in [0.4, 0.5) is 5.82 Å². The maximum absolute atomic E-state index is 4.41. The summed E-state index contributed by atoms with van der Waals surface area (Å²) < 4.78 is 0. The van der Waals surface area contributed by atoms with Gasteiger partial charge in [0.15, 0.2) is 0 Å². The quantitative estimate of drug-likeness (QED) is 0.849. The number of aromatic nitrogens is 1. The maximum atomic E-state index is 4.41. The van der Waals surface area contributed by atoms with Gasteiger partial charge in [0.1, 0.15) is 5.82 Å². The lowest BCUT2D eigenvalue weighted by atomic mass is 9.59. The zero-order valence-electron chi connectivity index (χ0n) is 13.0. The molecule has 0 radical (unpaired) electrons. The molecule has 0 saturated heterocycles. The Bertz CT molecular complexity index is 411. The Morgan fingerprint density at radius 3 is 2.53 bits per heavy atom. The maximum Gasteiger partial charge on any atom is 0.126 e. The summed E-state index contributed by atoms with van der Waals surface area (Å²) in [5, 5.41) is 3.66. The molecule has 1 heterocycles. The topological polar surface area (TPSA) is 24.9 Å². The van der Waals surface area contributed by atoms with E-state index in [0.717, 1.165) is 17.7 Å². The SMILES string of the molecule is CC(C)C1CCC(C)(Nc2ccccn2)CC1(C)C. The zero-order chi connectivity index (χ0) is 14.1. The molecule has 0 aromatic carbocycles. The Kier molecular flexibility index (Phi) is 3.89. The predicted molar refractivity (Wildman–Crippen MR) is 82.2 cm³/mol. The van der Waals surface area contributed by atoms with Crippen LogP contribution in [0.5, 0.6) is 0 Å². The average Bonchev–Trinajstić information content (AvgIpc) is 2.27. The Labute approximate surface area is 118 Å². The predicted octanol–water partition coefficient (Wildman–Crippen LogP) is 4.73. The van der Waals surface area contributed by atoms with E-state index < -0.39 is 0 Å². The molecule has 0 bridgehead atoms. The molecule has 1 aliphatic carbocycles. The third-order valence-electron chi connectivity index (χ3n) is 4.76. The van der Waals surface area contributed by atoms with Gasteiger partial charge in [-0.2, -0.15) is 0 Å². The van der Waals surface area contributed by atoms with E-state index in [-0.39, 0.29) is 5.54 Å². The van der Waals surface area contributed by atoms with E-state index in [9.17, 15) is 0 Å². The van der Waals surface area contributed by atoms with Crippen LogP contribution in [0.15, 0.2) is 24.4 Å². The number of nitrogens with zero attached hydrogens (tertiary/aromatic N) is 1. The first-order valence-corrected chi connectivity index (χ1v) is 7.52. The zero-order valence-corrected chi connectivity index (χ0v) is 13.0. The lowest BCUT2D eigenvalue weighted by Gasteiger charge is -2.50. The molecule has 0 spiro atoms. The van der Waals surface area contributed by atoms with Crippen molar-refractivity contribution in [1.29, 1.82) is 0 Å². The molecule has 2 atom stereocenters. The van der Waals surface area contributed by atoms with Crippen LogP contribution in [-0.4, -0.2) is 10.5 Å². The van der Waals surface area contributed by atoms with Crippen LogP contribution < -0.4 is 5.32 Å². The summed E-state index contributed by atoms with van der Waals surface area (Å²) in [6.45, 7) is 11.9. The van der Waals surface area contributed by atoms with Crippen LogP contribution in [0.2, 0.25) is 0 Å². The summed E-state index contributed by atoms with van der Waals surface area (Å²) in [5.74, 6) is 2.60. The van der Waals surface area contributed by atoms with Gasteiger partial charge in [-0.25, -0.2) is 4.98 Å². The highest BCUT2D eigenvalue weighted by molar-refractivity contribution is 5.37. The Morgan fingerprint density at radius 2 is 2.00 bits per heavy atom. The number of hydrogen-bond acceptors (Lipinski definition) is 2. The third-order valence-corrected chi connectivity index (χ3v) is 4.76. The summed E-state index contributed by atoms with van der Waals surface area (Å²) in [6, 6.07) is 6.07. The molecule has 2 heteroatoms. The molecule has 19 heavy (non-hydrogen) atoms. The molecule has 1 aliphatic rings. The molecular weight excluding hydrogens is 232 g/mol. The van der Waals surface area contributed by atoms with E-state index in [4.69, 9.17) is 0 Å². The Balaban J connectivity index is 2.10. The van der Waals surface area contributed by atoms with Crippen LogP contribution in [0.3, 0.4) is 0 Å². The minimum atomic E-state index is 0.170. The lowest BCUT2D eigenvalue weighted by molar-refractivity contribution is 0.0600. The van der Waals surface area contributed by atoms with E-state index in [1.54, 1.807) is 0 Å². The summed E-state index contributed by atoms with van der Waals surface area (Å²) in [4.78, 5) is 4.41. The Hall–Kier alpha value is -1.05. The minimum absolute atomic E-state index is 0.170. The van der Waals surface area contributed by atoms with Crippen molar-refractivity contribution in [2.45, 2.75) is 59.4 Å². The number of anilines is 1. The van der Waals surface area contributed by atoms with Crippen molar-refractivity contribution in [2.24, 2.45) is 17.3 Å². The summed E-state index contributed by atoms with van der Waals surface area (Å²) >= 11 is 0. The molecule has 0 amide bonds. The molecule has 1 aromatic heterocycles. The van der Waals surface area contributed by atoms with Crippen molar-refractivity contribution in [3.8, 4) is 0 Å². The second-order valence-corrected chi connectivity index (χ2v) is 7.46. The van der Waals surface area contributed by atoms with Crippen molar-refractivity contribution in [3.63, 3.8) is 0 Å². The molecule has 1 fully saturated rings. The van der Waals surface area contributed by atoms with Gasteiger partial charge in [-0.05, 0) is 55.6 Å². The molecule has 2 nitrogen and oxygen atoms in total. The summed E-state index contributed by atoms with van der Waals surface area (Å²) in [7, 11) is 0. The van der Waals surface area contributed by atoms with E-state index in [2.05, 4.69) is 51.0 Å². The fraction of sp³-hybridized carbons (Fsp3) is 0.706. The molecule has 1 saturated carbocycles. The van der Waals surface area contributed by atoms with Crippen molar-refractivity contribution in [3.05, 3.63) is 24.4 Å². The summed E-state index contributed by atoms with van der Waals surface area (Å²) in [5.41, 5.74) is 0.562. The van der Waals surface area contributed by atoms with Gasteiger partial charge in [0, 0.05) is 11.7 Å². The fourth-order valence-corrected chi connectivity index (χ4v) is 4.18. The first-order valence-electron chi connectivity index (χ1n) is 7.52. The van der Waals surface area contributed by atoms with Gasteiger partial charge in [0.25, 0.3) is 0 Å². The Morgan fingerprint density at radius 1 is 1.26 bits per heavy atom. The van der Waals surface area contributed by atoms with Crippen LogP contribution in [0, 0.1) is 17.3 Å². The van der Waals surface area contributed by atoms with Crippen molar-refractivity contribution in [2.75, 3.05) is 5.32 Å². The highest BCUT2D eigenvalue weighted by Gasteiger charge is 2.43. The van der Waals surface area contributed by atoms with Gasteiger partial charge in [-0.15, -0.1) is 0 Å². The molecule has 106 valence electrons. The number of nitrogens with one attached hydrogen (secondary N) is 1. The lowest BCUT2D eigenvalue weighted by Crippen LogP contribution is -2.48. The van der Waals surface area contributed by atoms with Gasteiger partial charge >= 0.3 is 0 Å². The standard InChI is InChI=1S/C17H28N2/c1-13(2)14-9-10-17(5,12-16(14,3)4)19-15-8-6-7-11-18-15/h6-8,11,13-14H,9-10,12H2,1-5H3,(H,18,19). The van der Waals surface area contributed by atoms with Gasteiger partial charge in [0.05, 0.1) is 0 Å². The molecule has 1 aromatic rings. The molecule has 2 rings (SSSR count). The normalized spacial score (nSPS) is 30.3. The van der Waals surface area contributed by atoms with E-state index in [0.29, 0.717) is 5.41 Å². The minimum Gasteiger partial charge on any atom is -0.365 e. The van der Waals surface area contributed by atoms with Crippen LogP contribution in [-0.2, 0) is 0 Å². The smallest absolute Gasteiger partial charge is 0.126 e. The van der Waals surface area contributed by atoms with Crippen LogP contribution >= 0.6 is 0 Å². The third kappa shape index (κ3) is 3.29. The number of rotatable bonds is 3. The first kappa shape index (κ1) is 14.4.